The van der Waals surface area contributed by atoms with Crippen LogP contribution < -0.4 is 19.8 Å². The van der Waals surface area contributed by atoms with Crippen LogP contribution in [0.5, 0.6) is 5.75 Å². The summed E-state index contributed by atoms with van der Waals surface area (Å²) in [5, 5.41) is 3.14. The monoisotopic (exact) mass is 683 g/mol. The smallest absolute Gasteiger partial charge is 0.338 e. The molecule has 3 heterocycles. The molecular formula is C31H23Cl2N3O7S2. The number of thioether (sulfide) groups is 1. The second-order valence-corrected chi connectivity index (χ2v) is 13.0. The van der Waals surface area contributed by atoms with Gasteiger partial charge in [0, 0.05) is 16.5 Å². The number of nitrogens with zero attached hydrogens (tertiary/aromatic N) is 1. The first-order chi connectivity index (χ1) is 21.6. The lowest BCUT2D eigenvalue weighted by Gasteiger charge is -2.29. The highest BCUT2D eigenvalue weighted by Crippen LogP contribution is 2.53. The number of aromatic nitrogens is 1. The van der Waals surface area contributed by atoms with Crippen molar-refractivity contribution in [2.45, 2.75) is 23.1 Å². The van der Waals surface area contributed by atoms with Gasteiger partial charge in [-0.1, -0.05) is 58.4 Å². The number of carbonyl (C=O) groups excluding carboxylic acids is 4. The number of halogens is 2. The van der Waals surface area contributed by atoms with Crippen LogP contribution in [0.1, 0.15) is 33.6 Å². The second-order valence-electron chi connectivity index (χ2n) is 10.1. The van der Waals surface area contributed by atoms with Crippen molar-refractivity contribution in [2.75, 3.05) is 23.4 Å². The average molecular weight is 685 g/mol. The number of amides is 3. The van der Waals surface area contributed by atoms with E-state index in [9.17, 15) is 24.0 Å². The highest BCUT2D eigenvalue weighted by molar-refractivity contribution is 8.00. The van der Waals surface area contributed by atoms with Crippen LogP contribution in [0.3, 0.4) is 0 Å². The number of ether oxygens (including phenoxy) is 2. The molecule has 0 radical (unpaired) electrons. The predicted molar refractivity (Wildman–Crippen MR) is 172 cm³/mol. The fraction of sp³-hybridized carbons (Fsp3) is 0.194. The molecule has 14 heteroatoms. The highest BCUT2D eigenvalue weighted by Gasteiger charge is 2.56. The molecule has 230 valence electrons. The molecule has 4 aromatic rings. The number of nitrogens with one attached hydrogen (secondary N) is 2. The number of anilines is 2. The Morgan fingerprint density at radius 1 is 0.956 bits per heavy atom. The van der Waals surface area contributed by atoms with E-state index in [-0.39, 0.29) is 18.1 Å². The summed E-state index contributed by atoms with van der Waals surface area (Å²) in [6.45, 7) is 1.65. The maximum Gasteiger partial charge on any atom is 0.338 e. The largest absolute Gasteiger partial charge is 0.484 e. The topological polar surface area (TPSA) is 135 Å². The lowest BCUT2D eigenvalue weighted by Crippen LogP contribution is -2.32. The Morgan fingerprint density at radius 3 is 2.38 bits per heavy atom. The summed E-state index contributed by atoms with van der Waals surface area (Å²) in [4.78, 5) is 68.8. The fourth-order valence-corrected chi connectivity index (χ4v) is 8.10. The summed E-state index contributed by atoms with van der Waals surface area (Å²) in [6, 6.07) is 17.7. The van der Waals surface area contributed by atoms with E-state index in [1.54, 1.807) is 55.5 Å². The Morgan fingerprint density at radius 2 is 1.69 bits per heavy atom. The molecule has 0 spiro atoms. The van der Waals surface area contributed by atoms with Crippen LogP contribution in [0.2, 0.25) is 10.0 Å². The van der Waals surface area contributed by atoms with E-state index in [0.29, 0.717) is 48.2 Å². The van der Waals surface area contributed by atoms with Crippen LogP contribution >= 0.6 is 46.3 Å². The SMILES string of the molecule is CCOC(=O)c1ccc(N2C(=O)C3Sc4[nH]c(=O)sc4[C@H](c4ccc(OCC(=O)Nc5ccc(Cl)c(Cl)c5)cc4)C3C2=O)cc1. The fourth-order valence-electron chi connectivity index (χ4n) is 5.28. The standard InChI is InChI=1S/C31H23Cl2N3O7S2/c1-2-42-30(40)16-3-8-18(9-4-16)36-28(38)24-23(25-27(35-31(41)45-25)44-26(24)29(36)39)15-5-10-19(11-6-15)43-14-22(37)34-17-7-12-20(32)21(33)13-17/h3-13,23-24,26H,2,14H2,1H3,(H,34,37)(H,35,41)/t23-,24?,26?/m1/s1. The highest BCUT2D eigenvalue weighted by atomic mass is 35.5. The zero-order valence-electron chi connectivity index (χ0n) is 23.4. The van der Waals surface area contributed by atoms with Gasteiger partial charge in [-0.15, -0.1) is 0 Å². The Kier molecular flexibility index (Phi) is 8.74. The molecule has 2 N–H and O–H groups in total. The molecule has 3 atom stereocenters. The maximum absolute atomic E-state index is 13.9. The molecule has 3 aromatic carbocycles. The van der Waals surface area contributed by atoms with Crippen molar-refractivity contribution in [1.82, 2.24) is 4.98 Å². The molecular weight excluding hydrogens is 661 g/mol. The number of hydrogen-bond donors (Lipinski definition) is 2. The predicted octanol–water partition coefficient (Wildman–Crippen LogP) is 5.73. The summed E-state index contributed by atoms with van der Waals surface area (Å²) in [5.74, 6) is -2.68. The van der Waals surface area contributed by atoms with Crippen molar-refractivity contribution in [3.05, 3.63) is 102 Å². The summed E-state index contributed by atoms with van der Waals surface area (Å²) < 4.78 is 10.7. The van der Waals surface area contributed by atoms with Crippen molar-refractivity contribution >= 4 is 81.4 Å². The summed E-state index contributed by atoms with van der Waals surface area (Å²) in [7, 11) is 0. The Balaban J connectivity index is 1.22. The quantitative estimate of drug-likeness (QED) is 0.178. The third-order valence-corrected chi connectivity index (χ3v) is 10.4. The van der Waals surface area contributed by atoms with Crippen molar-refractivity contribution in [3.63, 3.8) is 0 Å². The van der Waals surface area contributed by atoms with Gasteiger partial charge in [0.15, 0.2) is 6.61 Å². The minimum Gasteiger partial charge on any atom is -0.484 e. The summed E-state index contributed by atoms with van der Waals surface area (Å²) in [5.41, 5.74) is 1.82. The number of thiazole rings is 1. The van der Waals surface area contributed by atoms with Gasteiger partial charge in [-0.3, -0.25) is 19.2 Å². The van der Waals surface area contributed by atoms with E-state index in [4.69, 9.17) is 32.7 Å². The van der Waals surface area contributed by atoms with Gasteiger partial charge < -0.3 is 19.8 Å². The van der Waals surface area contributed by atoms with E-state index in [1.165, 1.54) is 30.0 Å². The van der Waals surface area contributed by atoms with Crippen molar-refractivity contribution < 1.29 is 28.7 Å². The van der Waals surface area contributed by atoms with E-state index >= 15 is 0 Å². The molecule has 0 saturated carbocycles. The van der Waals surface area contributed by atoms with Crippen molar-refractivity contribution in [1.29, 1.82) is 0 Å². The molecule has 3 amide bonds. The lowest BCUT2D eigenvalue weighted by molar-refractivity contribution is -0.122. The molecule has 1 fully saturated rings. The van der Waals surface area contributed by atoms with E-state index in [1.807, 2.05) is 0 Å². The first-order valence-electron chi connectivity index (χ1n) is 13.7. The number of aromatic amines is 1. The third-order valence-electron chi connectivity index (χ3n) is 7.27. The number of fused-ring (bicyclic) bond motifs is 2. The van der Waals surface area contributed by atoms with Gasteiger partial charge in [-0.05, 0) is 67.1 Å². The number of hydrogen-bond acceptors (Lipinski definition) is 9. The number of imide groups is 1. The Hall–Kier alpha value is -4.10. The van der Waals surface area contributed by atoms with E-state index < -0.39 is 40.8 Å². The van der Waals surface area contributed by atoms with Crippen LogP contribution in [0, 0.1) is 5.92 Å². The Labute approximate surface area is 274 Å². The first-order valence-corrected chi connectivity index (χ1v) is 16.1. The number of rotatable bonds is 8. The molecule has 1 aromatic heterocycles. The molecule has 2 aliphatic rings. The molecule has 6 rings (SSSR count). The average Bonchev–Trinajstić information content (AvgIpc) is 3.52. The maximum atomic E-state index is 13.9. The molecule has 45 heavy (non-hydrogen) atoms. The summed E-state index contributed by atoms with van der Waals surface area (Å²) >= 11 is 14.1. The third kappa shape index (κ3) is 6.10. The van der Waals surface area contributed by atoms with Gasteiger partial charge in [-0.2, -0.15) is 0 Å². The van der Waals surface area contributed by atoms with Gasteiger partial charge in [0.2, 0.25) is 11.8 Å². The zero-order chi connectivity index (χ0) is 31.8. The molecule has 10 nitrogen and oxygen atoms in total. The summed E-state index contributed by atoms with van der Waals surface area (Å²) in [6.07, 6.45) is 0. The molecule has 0 bridgehead atoms. The van der Waals surface area contributed by atoms with Gasteiger partial charge >= 0.3 is 10.8 Å². The van der Waals surface area contributed by atoms with Crippen LogP contribution in [-0.2, 0) is 19.1 Å². The Bertz CT molecular complexity index is 1880. The molecule has 1 saturated heterocycles. The molecule has 2 unspecified atom stereocenters. The van der Waals surface area contributed by atoms with Crippen molar-refractivity contribution in [3.8, 4) is 5.75 Å². The van der Waals surface area contributed by atoms with Crippen LogP contribution in [-0.4, -0.2) is 47.1 Å². The van der Waals surface area contributed by atoms with E-state index in [0.717, 1.165) is 16.2 Å². The van der Waals surface area contributed by atoms with Crippen LogP contribution in [0.15, 0.2) is 76.6 Å². The first kappa shape index (κ1) is 30.9. The van der Waals surface area contributed by atoms with Gasteiger partial charge in [0.25, 0.3) is 5.91 Å². The minimum absolute atomic E-state index is 0.223. The number of benzene rings is 3. The number of H-pyrrole nitrogens is 1. The molecule has 2 aliphatic heterocycles. The minimum atomic E-state index is -0.782. The van der Waals surface area contributed by atoms with Gasteiger partial charge in [-0.25, -0.2) is 9.69 Å². The number of carbonyl (C=O) groups is 4. The lowest BCUT2D eigenvalue weighted by atomic mass is 9.83. The van der Waals surface area contributed by atoms with Crippen LogP contribution in [0.4, 0.5) is 11.4 Å². The molecule has 0 aliphatic carbocycles. The van der Waals surface area contributed by atoms with E-state index in [2.05, 4.69) is 10.3 Å². The van der Waals surface area contributed by atoms with Crippen LogP contribution in [0.25, 0.3) is 0 Å². The zero-order valence-corrected chi connectivity index (χ0v) is 26.5. The number of esters is 1. The van der Waals surface area contributed by atoms with Crippen molar-refractivity contribution in [2.24, 2.45) is 5.92 Å². The second kappa shape index (κ2) is 12.7. The van der Waals surface area contributed by atoms with Gasteiger partial charge in [0.05, 0.1) is 38.8 Å². The van der Waals surface area contributed by atoms with Gasteiger partial charge in [0.1, 0.15) is 11.0 Å². The normalized spacial score (nSPS) is 18.7.